The number of amides is 1. The topological polar surface area (TPSA) is 39.7 Å². The molecule has 0 saturated carbocycles. The molecule has 0 bridgehead atoms. The summed E-state index contributed by atoms with van der Waals surface area (Å²) in [5, 5.41) is 2.17. The van der Waals surface area contributed by atoms with Gasteiger partial charge in [0.15, 0.2) is 0 Å². The molecule has 0 N–H and O–H groups in total. The van der Waals surface area contributed by atoms with Gasteiger partial charge in [0.25, 0.3) is 0 Å². The van der Waals surface area contributed by atoms with Gasteiger partial charge in [0.2, 0.25) is 5.91 Å². The van der Waals surface area contributed by atoms with Crippen LogP contribution in [0.15, 0.2) is 42.0 Å². The summed E-state index contributed by atoms with van der Waals surface area (Å²) < 4.78 is 0. The number of likely N-dealkylation sites (tertiary alicyclic amines) is 3. The van der Waals surface area contributed by atoms with E-state index < -0.39 is 0 Å². The van der Waals surface area contributed by atoms with Crippen LogP contribution < -0.4 is 0 Å². The summed E-state index contributed by atoms with van der Waals surface area (Å²) in [6, 6.07) is 8.55. The molecule has 2 aromatic rings. The van der Waals surface area contributed by atoms with Crippen LogP contribution in [0, 0.1) is 10.8 Å². The van der Waals surface area contributed by atoms with E-state index >= 15 is 0 Å². The van der Waals surface area contributed by atoms with Crippen molar-refractivity contribution in [3.63, 3.8) is 0 Å². The van der Waals surface area contributed by atoms with Gasteiger partial charge in [-0.1, -0.05) is 12.1 Å². The maximum atomic E-state index is 13.6. The van der Waals surface area contributed by atoms with Gasteiger partial charge in [0, 0.05) is 62.0 Å². The van der Waals surface area contributed by atoms with Crippen molar-refractivity contribution in [3.05, 3.63) is 52.5 Å². The van der Waals surface area contributed by atoms with Gasteiger partial charge >= 0.3 is 0 Å². The highest BCUT2D eigenvalue weighted by atomic mass is 32.1. The number of hydrogen-bond acceptors (Lipinski definition) is 5. The van der Waals surface area contributed by atoms with E-state index in [0.29, 0.717) is 5.91 Å². The number of nitrogens with zero attached hydrogens (tertiary/aromatic N) is 4. The van der Waals surface area contributed by atoms with Gasteiger partial charge in [0.05, 0.1) is 5.41 Å². The second-order valence-electron chi connectivity index (χ2n) is 9.36. The number of carbonyl (C=O) groups is 1. The Morgan fingerprint density at radius 2 is 1.90 bits per heavy atom. The molecule has 5 nitrogen and oxygen atoms in total. The number of hydrogen-bond donors (Lipinski definition) is 0. The lowest BCUT2D eigenvalue weighted by Crippen LogP contribution is -2.52. The molecule has 0 radical (unpaired) electrons. The van der Waals surface area contributed by atoms with Crippen molar-refractivity contribution in [2.24, 2.45) is 10.8 Å². The van der Waals surface area contributed by atoms with Crippen molar-refractivity contribution in [2.75, 3.05) is 39.3 Å². The molecule has 3 saturated heterocycles. The Morgan fingerprint density at radius 1 is 1.03 bits per heavy atom. The predicted octanol–water partition coefficient (Wildman–Crippen LogP) is 3.48. The summed E-state index contributed by atoms with van der Waals surface area (Å²) in [4.78, 5) is 26.6. The smallest absolute Gasteiger partial charge is 0.230 e. The van der Waals surface area contributed by atoms with Gasteiger partial charge in [-0.15, -0.1) is 11.3 Å². The molecule has 5 heterocycles. The first-order chi connectivity index (χ1) is 14.6. The first kappa shape index (κ1) is 20.2. The van der Waals surface area contributed by atoms with E-state index in [1.165, 1.54) is 10.4 Å². The van der Waals surface area contributed by atoms with Gasteiger partial charge in [0.1, 0.15) is 0 Å². The zero-order valence-electron chi connectivity index (χ0n) is 17.9. The van der Waals surface area contributed by atoms with Crippen LogP contribution in [-0.2, 0) is 17.9 Å². The number of fused-ring (bicyclic) bond motifs is 1. The van der Waals surface area contributed by atoms with Crippen LogP contribution in [0.2, 0.25) is 0 Å². The summed E-state index contributed by atoms with van der Waals surface area (Å²) in [5.74, 6) is 0.422. The van der Waals surface area contributed by atoms with Crippen molar-refractivity contribution in [3.8, 4) is 0 Å². The van der Waals surface area contributed by atoms with Crippen LogP contribution >= 0.6 is 11.3 Å². The summed E-state index contributed by atoms with van der Waals surface area (Å²) >= 11 is 1.85. The van der Waals surface area contributed by atoms with Gasteiger partial charge in [-0.25, -0.2) is 0 Å². The maximum Gasteiger partial charge on any atom is 0.230 e. The van der Waals surface area contributed by atoms with Crippen LogP contribution in [0.3, 0.4) is 0 Å². The van der Waals surface area contributed by atoms with Crippen molar-refractivity contribution < 1.29 is 4.79 Å². The molecule has 160 valence electrons. The molecule has 2 aromatic heterocycles. The highest BCUT2D eigenvalue weighted by molar-refractivity contribution is 7.09. The second kappa shape index (κ2) is 8.06. The van der Waals surface area contributed by atoms with Crippen LogP contribution in [0.1, 0.15) is 36.6 Å². The van der Waals surface area contributed by atoms with E-state index in [0.717, 1.165) is 71.6 Å². The molecule has 6 heteroatoms. The third-order valence-corrected chi connectivity index (χ3v) is 8.68. The molecule has 2 spiro atoms. The summed E-state index contributed by atoms with van der Waals surface area (Å²) in [7, 11) is 0. The number of rotatable bonds is 5. The average Bonchev–Trinajstić information content (AvgIpc) is 3.46. The van der Waals surface area contributed by atoms with Crippen molar-refractivity contribution in [1.29, 1.82) is 0 Å². The third-order valence-electron chi connectivity index (χ3n) is 7.82. The molecule has 0 aliphatic carbocycles. The zero-order valence-corrected chi connectivity index (χ0v) is 18.7. The average molecular weight is 425 g/mol. The van der Waals surface area contributed by atoms with Crippen LogP contribution in [0.4, 0.5) is 0 Å². The molecule has 0 unspecified atom stereocenters. The monoisotopic (exact) mass is 424 g/mol. The maximum absolute atomic E-state index is 13.6. The van der Waals surface area contributed by atoms with Gasteiger partial charge < -0.3 is 4.90 Å². The second-order valence-corrected chi connectivity index (χ2v) is 10.4. The Kier molecular flexibility index (Phi) is 5.42. The molecule has 1 atom stereocenters. The molecule has 5 rings (SSSR count). The van der Waals surface area contributed by atoms with E-state index in [1.54, 1.807) is 0 Å². The van der Waals surface area contributed by atoms with Crippen molar-refractivity contribution >= 4 is 17.2 Å². The Balaban J connectivity index is 1.36. The van der Waals surface area contributed by atoms with Gasteiger partial charge in [-0.2, -0.15) is 0 Å². The predicted molar refractivity (Wildman–Crippen MR) is 120 cm³/mol. The van der Waals surface area contributed by atoms with E-state index in [4.69, 9.17) is 0 Å². The first-order valence-corrected chi connectivity index (χ1v) is 12.2. The molecule has 1 amide bonds. The highest BCUT2D eigenvalue weighted by Crippen LogP contribution is 2.58. The fraction of sp³-hybridized carbons (Fsp3) is 0.583. The quantitative estimate of drug-likeness (QED) is 0.737. The SMILES string of the molecule is CCN1CC[C@@]2(CN(Cc3cccnc3)CC23CCN(Cc2cccs2)CC3)C1=O. The fourth-order valence-corrected chi connectivity index (χ4v) is 6.97. The number of pyridine rings is 1. The molecule has 3 aliphatic rings. The van der Waals surface area contributed by atoms with Gasteiger partial charge in [-0.3, -0.25) is 19.6 Å². The minimum Gasteiger partial charge on any atom is -0.342 e. The lowest BCUT2D eigenvalue weighted by atomic mass is 9.60. The zero-order chi connectivity index (χ0) is 20.6. The molecule has 3 fully saturated rings. The lowest BCUT2D eigenvalue weighted by molar-refractivity contribution is -0.142. The first-order valence-electron chi connectivity index (χ1n) is 11.3. The summed E-state index contributed by atoms with van der Waals surface area (Å²) in [5.41, 5.74) is 1.17. The minimum absolute atomic E-state index is 0.113. The van der Waals surface area contributed by atoms with Crippen LogP contribution in [0.25, 0.3) is 0 Å². The Bertz CT molecular complexity index is 863. The van der Waals surface area contributed by atoms with Crippen LogP contribution in [-0.4, -0.2) is 64.9 Å². The van der Waals surface area contributed by atoms with E-state index in [9.17, 15) is 4.79 Å². The minimum atomic E-state index is -0.194. The third kappa shape index (κ3) is 3.39. The van der Waals surface area contributed by atoms with E-state index in [2.05, 4.69) is 50.2 Å². The molecule has 30 heavy (non-hydrogen) atoms. The highest BCUT2D eigenvalue weighted by Gasteiger charge is 2.64. The molecule has 0 aromatic carbocycles. The number of piperidine rings is 1. The van der Waals surface area contributed by atoms with E-state index in [1.807, 2.05) is 29.8 Å². The summed E-state index contributed by atoms with van der Waals surface area (Å²) in [6.45, 7) is 9.97. The molecular weight excluding hydrogens is 392 g/mol. The lowest BCUT2D eigenvalue weighted by Gasteiger charge is -2.47. The Labute approximate surface area is 183 Å². The molecular formula is C24H32N4OS. The number of carbonyl (C=O) groups excluding carboxylic acids is 1. The molecule has 3 aliphatic heterocycles. The van der Waals surface area contributed by atoms with Crippen molar-refractivity contribution in [2.45, 2.75) is 39.3 Å². The van der Waals surface area contributed by atoms with Gasteiger partial charge in [-0.05, 0) is 62.4 Å². The number of aromatic nitrogens is 1. The van der Waals surface area contributed by atoms with Crippen molar-refractivity contribution in [1.82, 2.24) is 19.7 Å². The fourth-order valence-electron chi connectivity index (χ4n) is 6.22. The van der Waals surface area contributed by atoms with Crippen LogP contribution in [0.5, 0.6) is 0 Å². The Hall–Kier alpha value is -1.76. The Morgan fingerprint density at radius 3 is 2.57 bits per heavy atom. The largest absolute Gasteiger partial charge is 0.342 e. The van der Waals surface area contributed by atoms with E-state index in [-0.39, 0.29) is 10.8 Å². The number of thiophene rings is 1. The summed E-state index contributed by atoms with van der Waals surface area (Å²) in [6.07, 6.45) is 7.08. The standard InChI is InChI=1S/C24H32N4OS/c1-2-28-13-9-24(22(28)29)19-27(16-20-5-3-10-25-15-20)18-23(24)7-11-26(12-8-23)17-21-6-4-14-30-21/h3-6,10,14-15H,2,7-9,11-13,16-19H2,1H3/t24-/m1/s1. The normalized spacial score (nSPS) is 27.0.